The van der Waals surface area contributed by atoms with Gasteiger partial charge in [0.1, 0.15) is 0 Å². The van der Waals surface area contributed by atoms with E-state index in [0.717, 1.165) is 5.39 Å². The molecular weight excluding hydrogens is 278 g/mol. The average molecular weight is 296 g/mol. The Morgan fingerprint density at radius 2 is 2.15 bits per heavy atom. The zero-order valence-electron chi connectivity index (χ0n) is 11.8. The molecule has 4 nitrogen and oxygen atoms in total. The molecule has 1 heterocycles. The van der Waals surface area contributed by atoms with Crippen LogP contribution in [0, 0.1) is 0 Å². The number of benzene rings is 1. The molecule has 0 aliphatic heterocycles. The third kappa shape index (κ3) is 3.14. The highest BCUT2D eigenvalue weighted by molar-refractivity contribution is 6.34. The highest BCUT2D eigenvalue weighted by Gasteiger charge is 2.24. The quantitative estimate of drug-likeness (QED) is 0.941. The lowest BCUT2D eigenvalue weighted by Crippen LogP contribution is -2.42. The summed E-state index contributed by atoms with van der Waals surface area (Å²) < 4.78 is 5.55. The van der Waals surface area contributed by atoms with Crippen molar-refractivity contribution in [2.75, 3.05) is 13.1 Å². The van der Waals surface area contributed by atoms with Gasteiger partial charge in [-0.1, -0.05) is 23.7 Å². The second-order valence-electron chi connectivity index (χ2n) is 5.40. The van der Waals surface area contributed by atoms with Crippen LogP contribution in [-0.2, 0) is 0 Å². The van der Waals surface area contributed by atoms with Gasteiger partial charge < -0.3 is 14.4 Å². The summed E-state index contributed by atoms with van der Waals surface area (Å²) in [6.45, 7) is 5.93. The van der Waals surface area contributed by atoms with Crippen LogP contribution in [0.25, 0.3) is 11.0 Å². The lowest BCUT2D eigenvalue weighted by molar-refractivity contribution is 0.0299. The minimum atomic E-state index is -0.949. The van der Waals surface area contributed by atoms with Crippen LogP contribution in [0.5, 0.6) is 0 Å². The van der Waals surface area contributed by atoms with E-state index >= 15 is 0 Å². The Morgan fingerprint density at radius 3 is 2.70 bits per heavy atom. The largest absolute Gasteiger partial charge is 0.449 e. The molecule has 2 rings (SSSR count). The first kappa shape index (κ1) is 14.9. The van der Waals surface area contributed by atoms with E-state index in [9.17, 15) is 9.90 Å². The van der Waals surface area contributed by atoms with Crippen LogP contribution < -0.4 is 0 Å². The Kier molecular flexibility index (Phi) is 4.06. The lowest BCUT2D eigenvalue weighted by Gasteiger charge is -2.27. The maximum absolute atomic E-state index is 12.4. The number of halogens is 1. The molecule has 0 unspecified atom stereocenters. The van der Waals surface area contributed by atoms with Crippen molar-refractivity contribution in [2.45, 2.75) is 26.4 Å². The van der Waals surface area contributed by atoms with Crippen molar-refractivity contribution in [3.05, 3.63) is 35.0 Å². The number of carbonyl (C=O) groups is 1. The average Bonchev–Trinajstić information content (AvgIpc) is 2.79. The number of fused-ring (bicyclic) bond motifs is 1. The highest BCUT2D eigenvalue weighted by atomic mass is 35.5. The second-order valence-corrected chi connectivity index (χ2v) is 5.81. The summed E-state index contributed by atoms with van der Waals surface area (Å²) in [5, 5.41) is 11.1. The zero-order chi connectivity index (χ0) is 14.9. The van der Waals surface area contributed by atoms with Crippen molar-refractivity contribution in [1.29, 1.82) is 0 Å². The Hall–Kier alpha value is -1.52. The fraction of sp³-hybridized carbons (Fsp3) is 0.400. The molecule has 0 aliphatic carbocycles. The fourth-order valence-corrected chi connectivity index (χ4v) is 2.30. The van der Waals surface area contributed by atoms with E-state index in [-0.39, 0.29) is 18.2 Å². The molecule has 2 aromatic rings. The van der Waals surface area contributed by atoms with Crippen molar-refractivity contribution >= 4 is 28.5 Å². The number of hydrogen-bond donors (Lipinski definition) is 1. The molecule has 1 N–H and O–H groups in total. The predicted octanol–water partition coefficient (Wildman–Crippen LogP) is 3.32. The van der Waals surface area contributed by atoms with Crippen LogP contribution in [0.2, 0.25) is 5.02 Å². The molecule has 0 fully saturated rings. The van der Waals surface area contributed by atoms with Gasteiger partial charge in [0, 0.05) is 18.5 Å². The van der Waals surface area contributed by atoms with Gasteiger partial charge in [-0.05, 0) is 32.9 Å². The van der Waals surface area contributed by atoms with E-state index in [1.54, 1.807) is 30.9 Å². The molecule has 108 valence electrons. The smallest absolute Gasteiger partial charge is 0.289 e. The van der Waals surface area contributed by atoms with E-state index in [4.69, 9.17) is 16.0 Å². The first-order valence-electron chi connectivity index (χ1n) is 6.51. The molecule has 20 heavy (non-hydrogen) atoms. The first-order chi connectivity index (χ1) is 9.31. The van der Waals surface area contributed by atoms with Crippen molar-refractivity contribution in [3.63, 3.8) is 0 Å². The summed E-state index contributed by atoms with van der Waals surface area (Å²) >= 11 is 6.04. The molecule has 0 bridgehead atoms. The molecule has 1 amide bonds. The maximum Gasteiger partial charge on any atom is 0.289 e. The van der Waals surface area contributed by atoms with Crippen molar-refractivity contribution in [3.8, 4) is 0 Å². The molecule has 0 atom stereocenters. The van der Waals surface area contributed by atoms with Gasteiger partial charge in [-0.25, -0.2) is 0 Å². The normalized spacial score (nSPS) is 11.8. The minimum absolute atomic E-state index is 0.235. The molecule has 0 spiro atoms. The molecule has 0 saturated heterocycles. The Bertz CT molecular complexity index is 628. The summed E-state index contributed by atoms with van der Waals surface area (Å²) in [4.78, 5) is 14.0. The molecular formula is C15H18ClNO3. The fourth-order valence-electron chi connectivity index (χ4n) is 2.08. The Labute approximate surface area is 122 Å². The highest BCUT2D eigenvalue weighted by Crippen LogP contribution is 2.27. The number of carbonyl (C=O) groups excluding carboxylic acids is 1. The number of furan rings is 1. The number of nitrogens with zero attached hydrogens (tertiary/aromatic N) is 1. The first-order valence-corrected chi connectivity index (χ1v) is 6.89. The van der Waals surface area contributed by atoms with E-state index < -0.39 is 5.60 Å². The van der Waals surface area contributed by atoms with Gasteiger partial charge >= 0.3 is 0 Å². The van der Waals surface area contributed by atoms with Gasteiger partial charge in [0.15, 0.2) is 11.3 Å². The maximum atomic E-state index is 12.4. The topological polar surface area (TPSA) is 53.7 Å². The summed E-state index contributed by atoms with van der Waals surface area (Å²) in [7, 11) is 0. The van der Waals surface area contributed by atoms with Crippen LogP contribution in [0.3, 0.4) is 0 Å². The van der Waals surface area contributed by atoms with Crippen molar-refractivity contribution in [1.82, 2.24) is 4.90 Å². The predicted molar refractivity (Wildman–Crippen MR) is 79.1 cm³/mol. The van der Waals surface area contributed by atoms with Gasteiger partial charge in [0.05, 0.1) is 10.6 Å². The lowest BCUT2D eigenvalue weighted by atomic mass is 10.1. The summed E-state index contributed by atoms with van der Waals surface area (Å²) in [5.41, 5.74) is -0.438. The minimum Gasteiger partial charge on any atom is -0.449 e. The van der Waals surface area contributed by atoms with E-state index in [1.807, 2.05) is 19.1 Å². The zero-order valence-corrected chi connectivity index (χ0v) is 12.6. The summed E-state index contributed by atoms with van der Waals surface area (Å²) in [6.07, 6.45) is 0. The van der Waals surface area contributed by atoms with E-state index in [0.29, 0.717) is 17.2 Å². The monoisotopic (exact) mass is 295 g/mol. The molecule has 0 saturated carbocycles. The van der Waals surface area contributed by atoms with Gasteiger partial charge in [-0.3, -0.25) is 4.79 Å². The number of amides is 1. The standard InChI is InChI=1S/C15H18ClNO3/c1-4-17(9-15(2,3)19)14(18)12-8-10-6-5-7-11(16)13(10)20-12/h5-8,19H,4,9H2,1-3H3. The van der Waals surface area contributed by atoms with Crippen LogP contribution in [0.1, 0.15) is 31.3 Å². The number of likely N-dealkylation sites (N-methyl/N-ethyl adjacent to an activating group) is 1. The third-order valence-electron chi connectivity index (χ3n) is 2.95. The molecule has 1 aromatic carbocycles. The van der Waals surface area contributed by atoms with Crippen molar-refractivity contribution < 1.29 is 14.3 Å². The van der Waals surface area contributed by atoms with E-state index in [2.05, 4.69) is 0 Å². The molecule has 0 radical (unpaired) electrons. The van der Waals surface area contributed by atoms with Gasteiger partial charge in [0.25, 0.3) is 5.91 Å². The van der Waals surface area contributed by atoms with Crippen LogP contribution in [0.4, 0.5) is 0 Å². The Balaban J connectivity index is 2.32. The van der Waals surface area contributed by atoms with Gasteiger partial charge in [-0.15, -0.1) is 0 Å². The SMILES string of the molecule is CCN(CC(C)(C)O)C(=O)c1cc2cccc(Cl)c2o1. The third-order valence-corrected chi connectivity index (χ3v) is 3.25. The molecule has 5 heteroatoms. The number of rotatable bonds is 4. The Morgan fingerprint density at radius 1 is 1.45 bits per heavy atom. The number of para-hydroxylation sites is 1. The van der Waals surface area contributed by atoms with Gasteiger partial charge in [0.2, 0.25) is 0 Å². The molecule has 1 aromatic heterocycles. The summed E-state index contributed by atoms with van der Waals surface area (Å²) in [6, 6.07) is 7.04. The molecule has 0 aliphatic rings. The summed E-state index contributed by atoms with van der Waals surface area (Å²) in [5.74, 6) is -0.0129. The van der Waals surface area contributed by atoms with Crippen LogP contribution in [-0.4, -0.2) is 34.6 Å². The second kappa shape index (κ2) is 5.46. The van der Waals surface area contributed by atoms with E-state index in [1.165, 1.54) is 0 Å². The van der Waals surface area contributed by atoms with Crippen molar-refractivity contribution in [2.24, 2.45) is 0 Å². The number of aliphatic hydroxyl groups is 1. The van der Waals surface area contributed by atoms with Crippen LogP contribution >= 0.6 is 11.6 Å². The number of hydrogen-bond acceptors (Lipinski definition) is 3. The van der Waals surface area contributed by atoms with Gasteiger partial charge in [-0.2, -0.15) is 0 Å². The van der Waals surface area contributed by atoms with Crippen LogP contribution in [0.15, 0.2) is 28.7 Å².